The zero-order chi connectivity index (χ0) is 21.1. The van der Waals surface area contributed by atoms with E-state index in [0.717, 1.165) is 11.6 Å². The molecule has 3 heterocycles. The molecule has 0 aliphatic heterocycles. The predicted molar refractivity (Wildman–Crippen MR) is 101 cm³/mol. The number of pyridine rings is 1. The van der Waals surface area contributed by atoms with Crippen LogP contribution in [0.25, 0.3) is 22.4 Å². The number of fused-ring (bicyclic) bond motifs is 1. The number of halogens is 3. The van der Waals surface area contributed by atoms with Crippen LogP contribution >= 0.6 is 0 Å². The Hall–Kier alpha value is -3.76. The molecule has 8 nitrogen and oxygen atoms in total. The second kappa shape index (κ2) is 7.93. The first kappa shape index (κ1) is 19.6. The number of amides is 1. The summed E-state index contributed by atoms with van der Waals surface area (Å²) in [5.41, 5.74) is 0.00472. The van der Waals surface area contributed by atoms with E-state index in [2.05, 4.69) is 30.5 Å². The molecule has 1 amide bonds. The molecule has 154 valence electrons. The summed E-state index contributed by atoms with van der Waals surface area (Å²) in [6.45, 7) is -0.0276. The van der Waals surface area contributed by atoms with Crippen LogP contribution in [-0.2, 0) is 23.9 Å². The van der Waals surface area contributed by atoms with Gasteiger partial charge in [0.1, 0.15) is 12.4 Å². The monoisotopic (exact) mass is 415 g/mol. The average molecular weight is 415 g/mol. The van der Waals surface area contributed by atoms with Crippen LogP contribution in [0.5, 0.6) is 0 Å². The summed E-state index contributed by atoms with van der Waals surface area (Å²) < 4.78 is 41.0. The van der Waals surface area contributed by atoms with E-state index in [4.69, 9.17) is 0 Å². The summed E-state index contributed by atoms with van der Waals surface area (Å²) in [7, 11) is 0. The zero-order valence-corrected chi connectivity index (χ0v) is 15.5. The highest BCUT2D eigenvalue weighted by Crippen LogP contribution is 2.34. The van der Waals surface area contributed by atoms with E-state index < -0.39 is 17.6 Å². The Labute approximate surface area is 168 Å². The largest absolute Gasteiger partial charge is 0.418 e. The number of hydrogen-bond donors (Lipinski definition) is 2. The van der Waals surface area contributed by atoms with Crippen molar-refractivity contribution in [2.24, 2.45) is 0 Å². The van der Waals surface area contributed by atoms with E-state index in [1.54, 1.807) is 18.5 Å². The lowest BCUT2D eigenvalue weighted by molar-refractivity contribution is -0.136. The highest BCUT2D eigenvalue weighted by molar-refractivity contribution is 5.83. The molecular weight excluding hydrogens is 399 g/mol. The summed E-state index contributed by atoms with van der Waals surface area (Å²) in [4.78, 5) is 24.5. The van der Waals surface area contributed by atoms with E-state index in [1.807, 2.05) is 6.07 Å². The molecule has 0 unspecified atom stereocenters. The lowest BCUT2D eigenvalue weighted by Crippen LogP contribution is -2.29. The van der Waals surface area contributed by atoms with E-state index in [9.17, 15) is 18.0 Å². The number of imidazole rings is 1. The highest BCUT2D eigenvalue weighted by atomic mass is 19.4. The Kier molecular flexibility index (Phi) is 5.17. The van der Waals surface area contributed by atoms with Gasteiger partial charge in [0.2, 0.25) is 5.91 Å². The van der Waals surface area contributed by atoms with E-state index in [1.165, 1.54) is 23.0 Å². The van der Waals surface area contributed by atoms with Crippen molar-refractivity contribution in [1.29, 1.82) is 0 Å². The maximum Gasteiger partial charge on any atom is 0.418 e. The van der Waals surface area contributed by atoms with Crippen LogP contribution in [0.4, 0.5) is 13.2 Å². The molecule has 0 aliphatic rings. The fourth-order valence-corrected chi connectivity index (χ4v) is 3.04. The number of alkyl halides is 3. The van der Waals surface area contributed by atoms with Crippen LogP contribution in [-0.4, -0.2) is 42.2 Å². The van der Waals surface area contributed by atoms with Gasteiger partial charge in [-0.1, -0.05) is 6.07 Å². The summed E-state index contributed by atoms with van der Waals surface area (Å²) in [5, 5.41) is 9.57. The molecule has 0 fully saturated rings. The number of benzene rings is 1. The number of para-hydroxylation sites is 1. The van der Waals surface area contributed by atoms with Crippen molar-refractivity contribution in [3.63, 3.8) is 0 Å². The Morgan fingerprint density at radius 1 is 1.20 bits per heavy atom. The van der Waals surface area contributed by atoms with Gasteiger partial charge in [0.05, 0.1) is 22.9 Å². The third-order valence-corrected chi connectivity index (χ3v) is 4.39. The first-order valence-corrected chi connectivity index (χ1v) is 9.01. The number of carbonyl (C=O) groups is 1. The van der Waals surface area contributed by atoms with Gasteiger partial charge in [-0.3, -0.25) is 14.9 Å². The molecule has 2 N–H and O–H groups in total. The van der Waals surface area contributed by atoms with Gasteiger partial charge in [-0.15, -0.1) is 0 Å². The van der Waals surface area contributed by atoms with Crippen LogP contribution < -0.4 is 5.32 Å². The number of carbonyl (C=O) groups excluding carboxylic acids is 1. The third-order valence-electron chi connectivity index (χ3n) is 4.39. The number of rotatable bonds is 6. The molecule has 1 aromatic carbocycles. The van der Waals surface area contributed by atoms with Gasteiger partial charge in [0.25, 0.3) is 0 Å². The average Bonchev–Trinajstić information content (AvgIpc) is 3.35. The molecule has 0 aliphatic carbocycles. The normalized spacial score (nSPS) is 11.7. The Morgan fingerprint density at radius 2 is 2.07 bits per heavy atom. The molecule has 11 heteroatoms. The lowest BCUT2D eigenvalue weighted by atomic mass is 10.1. The van der Waals surface area contributed by atoms with Gasteiger partial charge >= 0.3 is 6.18 Å². The Bertz CT molecular complexity index is 1170. The van der Waals surface area contributed by atoms with Crippen LogP contribution in [0.15, 0.2) is 49.1 Å². The van der Waals surface area contributed by atoms with Crippen molar-refractivity contribution in [2.45, 2.75) is 19.1 Å². The number of nitrogens with zero attached hydrogens (tertiary/aromatic N) is 5. The van der Waals surface area contributed by atoms with Gasteiger partial charge in [-0.2, -0.15) is 18.3 Å². The SMILES string of the molecule is O=C(Cn1cnc2cccc(C(F)(F)F)c21)NCCc1nc(-c2cccnc2)n[nH]1. The summed E-state index contributed by atoms with van der Waals surface area (Å²) in [5.74, 6) is 0.633. The number of hydrogen-bond acceptors (Lipinski definition) is 5. The van der Waals surface area contributed by atoms with Crippen molar-refractivity contribution >= 4 is 16.9 Å². The minimum atomic E-state index is -4.54. The van der Waals surface area contributed by atoms with Gasteiger partial charge < -0.3 is 9.88 Å². The first-order valence-electron chi connectivity index (χ1n) is 9.01. The third kappa shape index (κ3) is 4.14. The van der Waals surface area contributed by atoms with Gasteiger partial charge in [0.15, 0.2) is 5.82 Å². The molecule has 0 radical (unpaired) electrons. The zero-order valence-electron chi connectivity index (χ0n) is 15.5. The number of aromatic nitrogens is 6. The molecule has 0 spiro atoms. The van der Waals surface area contributed by atoms with Crippen molar-refractivity contribution in [3.05, 3.63) is 60.4 Å². The second-order valence-corrected chi connectivity index (χ2v) is 6.49. The standard InChI is InChI=1S/C19H16F3N7O/c20-19(21,22)13-4-1-5-14-17(13)29(11-25-14)10-16(30)24-8-6-15-26-18(28-27-15)12-3-2-7-23-9-12/h1-5,7,9,11H,6,8,10H2,(H,24,30)(H,26,27,28). The van der Waals surface area contributed by atoms with Crippen molar-refractivity contribution in [1.82, 2.24) is 35.0 Å². The summed E-state index contributed by atoms with van der Waals surface area (Å²) in [6.07, 6.45) is 0.368. The Morgan fingerprint density at radius 3 is 2.83 bits per heavy atom. The van der Waals surface area contributed by atoms with E-state index in [-0.39, 0.29) is 24.1 Å². The number of H-pyrrole nitrogens is 1. The molecule has 0 saturated carbocycles. The maximum atomic E-state index is 13.3. The minimum absolute atomic E-state index is 0.114. The fraction of sp³-hybridized carbons (Fsp3) is 0.211. The van der Waals surface area contributed by atoms with Crippen LogP contribution in [0.2, 0.25) is 0 Å². The maximum absolute atomic E-state index is 13.3. The molecule has 4 rings (SSSR count). The van der Waals surface area contributed by atoms with Crippen LogP contribution in [0, 0.1) is 0 Å². The first-order chi connectivity index (χ1) is 14.4. The van der Waals surface area contributed by atoms with Crippen molar-refractivity contribution < 1.29 is 18.0 Å². The molecule has 30 heavy (non-hydrogen) atoms. The van der Waals surface area contributed by atoms with Crippen molar-refractivity contribution in [3.8, 4) is 11.4 Å². The molecule has 4 aromatic rings. The van der Waals surface area contributed by atoms with Crippen LogP contribution in [0.1, 0.15) is 11.4 Å². The smallest absolute Gasteiger partial charge is 0.354 e. The number of aromatic amines is 1. The van der Waals surface area contributed by atoms with E-state index in [0.29, 0.717) is 18.1 Å². The van der Waals surface area contributed by atoms with E-state index >= 15 is 0 Å². The molecule has 3 aromatic heterocycles. The summed E-state index contributed by atoms with van der Waals surface area (Å²) >= 11 is 0. The summed E-state index contributed by atoms with van der Waals surface area (Å²) in [6, 6.07) is 7.34. The van der Waals surface area contributed by atoms with Gasteiger partial charge in [0, 0.05) is 30.9 Å². The quantitative estimate of drug-likeness (QED) is 0.504. The molecule has 0 atom stereocenters. The molecule has 0 saturated heterocycles. The van der Waals surface area contributed by atoms with Crippen molar-refractivity contribution in [2.75, 3.05) is 6.54 Å². The van der Waals surface area contributed by atoms with Gasteiger partial charge in [-0.05, 0) is 24.3 Å². The lowest BCUT2D eigenvalue weighted by Gasteiger charge is -2.11. The molecular formula is C19H16F3N7O. The minimum Gasteiger partial charge on any atom is -0.354 e. The predicted octanol–water partition coefficient (Wildman–Crippen LogP) is 2.59. The van der Waals surface area contributed by atoms with Crippen LogP contribution in [0.3, 0.4) is 0 Å². The highest BCUT2D eigenvalue weighted by Gasteiger charge is 2.34. The number of nitrogens with one attached hydrogen (secondary N) is 2. The topological polar surface area (TPSA) is 101 Å². The molecule has 0 bridgehead atoms. The fourth-order valence-electron chi connectivity index (χ4n) is 3.04. The van der Waals surface area contributed by atoms with Gasteiger partial charge in [-0.25, -0.2) is 9.97 Å². The second-order valence-electron chi connectivity index (χ2n) is 6.49. The Balaban J connectivity index is 1.38.